The van der Waals surface area contributed by atoms with E-state index in [1.807, 2.05) is 6.07 Å². The molecule has 0 aliphatic heterocycles. The van der Waals surface area contributed by atoms with Crippen LogP contribution >= 0.6 is 0 Å². The van der Waals surface area contributed by atoms with Gasteiger partial charge in [0.05, 0.1) is 0 Å². The van der Waals surface area contributed by atoms with Crippen LogP contribution in [0.25, 0.3) is 0 Å². The van der Waals surface area contributed by atoms with Gasteiger partial charge in [-0.05, 0) is 57.2 Å². The van der Waals surface area contributed by atoms with Crippen molar-refractivity contribution in [1.29, 1.82) is 0 Å². The molecule has 0 aliphatic rings. The lowest BCUT2D eigenvalue weighted by Gasteiger charge is -2.22. The number of para-hydroxylation sites is 1. The SMILES string of the molecule is CC(C)(C)Oc1ccccc1[S+](c1ccccc1)c1ccccc1.O=S(=O)([O-])C(F)(F)F. The molecule has 0 unspecified atom stereocenters. The van der Waals surface area contributed by atoms with Crippen LogP contribution in [-0.4, -0.2) is 24.1 Å². The monoisotopic (exact) mass is 484 g/mol. The Balaban J connectivity index is 0.000000390. The van der Waals surface area contributed by atoms with E-state index >= 15 is 0 Å². The Bertz CT molecular complexity index is 1060. The quantitative estimate of drug-likeness (QED) is 0.258. The van der Waals surface area contributed by atoms with Crippen molar-refractivity contribution in [3.63, 3.8) is 0 Å². The Morgan fingerprint density at radius 2 is 1.12 bits per heavy atom. The summed E-state index contributed by atoms with van der Waals surface area (Å²) >= 11 is 0. The van der Waals surface area contributed by atoms with E-state index in [9.17, 15) is 13.2 Å². The second-order valence-corrected chi connectivity index (χ2v) is 10.9. The fourth-order valence-electron chi connectivity index (χ4n) is 2.54. The van der Waals surface area contributed by atoms with Gasteiger partial charge in [0.2, 0.25) is 4.90 Å². The van der Waals surface area contributed by atoms with Crippen LogP contribution < -0.4 is 4.74 Å². The molecule has 0 bridgehead atoms. The summed E-state index contributed by atoms with van der Waals surface area (Å²) in [5.74, 6) is 0.959. The van der Waals surface area contributed by atoms with Crippen LogP contribution in [0.4, 0.5) is 13.2 Å². The Morgan fingerprint density at radius 1 is 0.750 bits per heavy atom. The zero-order chi connectivity index (χ0) is 24.0. The molecule has 3 aromatic carbocycles. The third kappa shape index (κ3) is 7.58. The van der Waals surface area contributed by atoms with Gasteiger partial charge in [-0.2, -0.15) is 13.2 Å². The lowest BCUT2D eigenvalue weighted by Crippen LogP contribution is -2.24. The molecule has 172 valence electrons. The first-order chi connectivity index (χ1) is 14.8. The molecule has 0 heterocycles. The normalized spacial score (nSPS) is 12.1. The summed E-state index contributed by atoms with van der Waals surface area (Å²) in [6, 6.07) is 29.7. The molecular formula is C23H23F3O4S2. The minimum atomic E-state index is -6.09. The fraction of sp³-hybridized carbons (Fsp3) is 0.217. The molecule has 3 aromatic rings. The minimum absolute atomic E-state index is 0.186. The first kappa shape index (κ1) is 25.8. The highest BCUT2D eigenvalue weighted by Crippen LogP contribution is 2.37. The summed E-state index contributed by atoms with van der Waals surface area (Å²) in [4.78, 5) is 3.83. The van der Waals surface area contributed by atoms with Gasteiger partial charge in [-0.25, -0.2) is 8.42 Å². The molecular weight excluding hydrogens is 461 g/mol. The summed E-state index contributed by atoms with van der Waals surface area (Å²) < 4.78 is 65.2. The van der Waals surface area contributed by atoms with Gasteiger partial charge in [0.15, 0.2) is 25.7 Å². The lowest BCUT2D eigenvalue weighted by molar-refractivity contribution is -0.0517. The molecule has 0 radical (unpaired) electrons. The topological polar surface area (TPSA) is 66.4 Å². The van der Waals surface area contributed by atoms with E-state index in [1.54, 1.807) is 0 Å². The van der Waals surface area contributed by atoms with Gasteiger partial charge in [0.25, 0.3) is 0 Å². The van der Waals surface area contributed by atoms with Gasteiger partial charge in [-0.1, -0.05) is 48.5 Å². The van der Waals surface area contributed by atoms with Crippen LogP contribution in [0.2, 0.25) is 0 Å². The average molecular weight is 485 g/mol. The molecule has 0 N–H and O–H groups in total. The Morgan fingerprint density at radius 3 is 1.50 bits per heavy atom. The van der Waals surface area contributed by atoms with Crippen molar-refractivity contribution >= 4 is 21.0 Å². The Labute approximate surface area is 189 Å². The summed E-state index contributed by atoms with van der Waals surface area (Å²) in [6.07, 6.45) is 0. The number of benzene rings is 3. The van der Waals surface area contributed by atoms with Crippen molar-refractivity contribution in [3.8, 4) is 5.75 Å². The van der Waals surface area contributed by atoms with Crippen LogP contribution in [0.1, 0.15) is 20.8 Å². The summed E-state index contributed by atoms with van der Waals surface area (Å²) in [5.41, 5.74) is -5.87. The Hall–Kier alpha value is -2.49. The maximum absolute atomic E-state index is 10.7. The number of hydrogen-bond acceptors (Lipinski definition) is 4. The van der Waals surface area contributed by atoms with Crippen LogP contribution in [0.5, 0.6) is 5.75 Å². The third-order valence-corrected chi connectivity index (χ3v) is 6.56. The van der Waals surface area contributed by atoms with Crippen molar-refractivity contribution in [1.82, 2.24) is 0 Å². The van der Waals surface area contributed by atoms with Crippen molar-refractivity contribution in [2.75, 3.05) is 0 Å². The fourth-order valence-corrected chi connectivity index (χ4v) is 4.70. The average Bonchev–Trinajstić information content (AvgIpc) is 2.69. The van der Waals surface area contributed by atoms with Crippen molar-refractivity contribution in [2.24, 2.45) is 0 Å². The highest BCUT2D eigenvalue weighted by molar-refractivity contribution is 7.97. The van der Waals surface area contributed by atoms with E-state index in [4.69, 9.17) is 17.7 Å². The number of halogens is 3. The summed E-state index contributed by atoms with van der Waals surface area (Å²) in [6.45, 7) is 6.27. The lowest BCUT2D eigenvalue weighted by atomic mass is 10.2. The van der Waals surface area contributed by atoms with Crippen molar-refractivity contribution in [2.45, 2.75) is 46.6 Å². The molecule has 0 saturated carbocycles. The molecule has 0 atom stereocenters. The maximum atomic E-state index is 10.7. The highest BCUT2D eigenvalue weighted by atomic mass is 32.2. The van der Waals surface area contributed by atoms with Gasteiger partial charge in [-0.15, -0.1) is 0 Å². The van der Waals surface area contributed by atoms with Gasteiger partial charge in [0.1, 0.15) is 16.5 Å². The first-order valence-electron chi connectivity index (χ1n) is 9.44. The second-order valence-electron chi connectivity index (χ2n) is 7.49. The maximum Gasteiger partial charge on any atom is 0.485 e. The van der Waals surface area contributed by atoms with Crippen molar-refractivity contribution in [3.05, 3.63) is 84.9 Å². The van der Waals surface area contributed by atoms with E-state index in [0.29, 0.717) is 0 Å². The van der Waals surface area contributed by atoms with Gasteiger partial charge in [-0.3, -0.25) is 0 Å². The van der Waals surface area contributed by atoms with Gasteiger partial charge >= 0.3 is 5.51 Å². The molecule has 0 saturated heterocycles. The first-order valence-corrected chi connectivity index (χ1v) is 12.1. The molecule has 32 heavy (non-hydrogen) atoms. The molecule has 9 heteroatoms. The predicted molar refractivity (Wildman–Crippen MR) is 118 cm³/mol. The van der Waals surface area contributed by atoms with E-state index in [0.717, 1.165) is 5.75 Å². The van der Waals surface area contributed by atoms with E-state index in [1.165, 1.54) is 14.7 Å². The van der Waals surface area contributed by atoms with Crippen LogP contribution in [0.3, 0.4) is 0 Å². The number of rotatable bonds is 4. The van der Waals surface area contributed by atoms with Crippen LogP contribution in [0, 0.1) is 0 Å². The second kappa shape index (κ2) is 10.4. The van der Waals surface area contributed by atoms with E-state index in [-0.39, 0.29) is 16.5 Å². The molecule has 3 rings (SSSR count). The zero-order valence-corrected chi connectivity index (χ0v) is 19.3. The summed E-state index contributed by atoms with van der Waals surface area (Å²) in [7, 11) is -6.28. The van der Waals surface area contributed by atoms with Crippen LogP contribution in [0.15, 0.2) is 99.6 Å². The number of hydrogen-bond donors (Lipinski definition) is 0. The Kier molecular flexibility index (Phi) is 8.39. The highest BCUT2D eigenvalue weighted by Gasteiger charge is 2.37. The largest absolute Gasteiger partial charge is 0.741 e. The molecule has 0 spiro atoms. The predicted octanol–water partition coefficient (Wildman–Crippen LogP) is 6.01. The standard InChI is InChI=1S/C22H23OS.CHF3O3S/c1-22(2,3)23-20-16-10-11-17-21(20)24(18-12-6-4-7-13-18)19-14-8-5-9-15-19;2-1(3,4)8(5,6)7/h4-17H,1-3H3;(H,5,6,7)/q+1;/p-1. The molecule has 0 amide bonds. The number of ether oxygens (including phenoxy) is 1. The third-order valence-electron chi connectivity index (χ3n) is 3.73. The van der Waals surface area contributed by atoms with E-state index in [2.05, 4.69) is 99.6 Å². The summed E-state index contributed by atoms with van der Waals surface area (Å²) in [5, 5.41) is 0. The zero-order valence-electron chi connectivity index (χ0n) is 17.7. The van der Waals surface area contributed by atoms with E-state index < -0.39 is 15.6 Å². The number of alkyl halides is 3. The van der Waals surface area contributed by atoms with Crippen molar-refractivity contribution < 1.29 is 30.9 Å². The van der Waals surface area contributed by atoms with Crippen LogP contribution in [-0.2, 0) is 21.0 Å². The van der Waals surface area contributed by atoms with Gasteiger partial charge in [0, 0.05) is 0 Å². The molecule has 0 aromatic heterocycles. The minimum Gasteiger partial charge on any atom is -0.741 e. The molecule has 0 aliphatic carbocycles. The smallest absolute Gasteiger partial charge is 0.485 e. The van der Waals surface area contributed by atoms with Gasteiger partial charge < -0.3 is 9.29 Å². The molecule has 0 fully saturated rings. The molecule has 4 nitrogen and oxygen atoms in total.